The number of nitrogen functional groups attached to an aromatic ring is 1. The molecule has 0 saturated heterocycles. The fourth-order valence-corrected chi connectivity index (χ4v) is 2.82. The standard InChI is InChI=1S/C15H15N5/c16-10-4-5-11-13(9-10)19-20-14(6-8-18-15(11)20)12-3-1-2-7-17-12/h1-5,7,9,14,18H,6,8,16H2. The Labute approximate surface area is 116 Å². The molecule has 0 amide bonds. The van der Waals surface area contributed by atoms with Gasteiger partial charge in [-0.3, -0.25) is 4.98 Å². The predicted octanol–water partition coefficient (Wildman–Crippen LogP) is 2.42. The highest BCUT2D eigenvalue weighted by atomic mass is 15.4. The molecule has 1 atom stereocenters. The highest BCUT2D eigenvalue weighted by Gasteiger charge is 2.25. The second-order valence-electron chi connectivity index (χ2n) is 5.06. The van der Waals surface area contributed by atoms with Crippen LogP contribution in [0.15, 0.2) is 42.6 Å². The fraction of sp³-hybridized carbons (Fsp3) is 0.200. The Kier molecular flexibility index (Phi) is 2.39. The van der Waals surface area contributed by atoms with Crippen LogP contribution in [0.4, 0.5) is 11.5 Å². The van der Waals surface area contributed by atoms with E-state index in [4.69, 9.17) is 10.8 Å². The van der Waals surface area contributed by atoms with Gasteiger partial charge in [-0.15, -0.1) is 0 Å². The van der Waals surface area contributed by atoms with E-state index in [-0.39, 0.29) is 6.04 Å². The number of anilines is 2. The van der Waals surface area contributed by atoms with Crippen molar-refractivity contribution in [3.8, 4) is 0 Å². The van der Waals surface area contributed by atoms with E-state index in [0.717, 1.165) is 41.1 Å². The molecule has 0 fully saturated rings. The molecule has 20 heavy (non-hydrogen) atoms. The smallest absolute Gasteiger partial charge is 0.133 e. The molecular weight excluding hydrogens is 250 g/mol. The lowest BCUT2D eigenvalue weighted by molar-refractivity contribution is 0.475. The van der Waals surface area contributed by atoms with Crippen molar-refractivity contribution in [1.82, 2.24) is 14.8 Å². The van der Waals surface area contributed by atoms with Gasteiger partial charge < -0.3 is 11.1 Å². The van der Waals surface area contributed by atoms with Gasteiger partial charge in [0.05, 0.1) is 17.3 Å². The zero-order valence-electron chi connectivity index (χ0n) is 11.0. The van der Waals surface area contributed by atoms with Gasteiger partial charge in [-0.25, -0.2) is 4.68 Å². The molecule has 1 unspecified atom stereocenters. The van der Waals surface area contributed by atoms with Gasteiger partial charge in [-0.05, 0) is 36.8 Å². The summed E-state index contributed by atoms with van der Waals surface area (Å²) in [7, 11) is 0. The molecule has 3 N–H and O–H groups in total. The molecule has 0 aliphatic carbocycles. The molecule has 4 rings (SSSR count). The Bertz CT molecular complexity index is 763. The van der Waals surface area contributed by atoms with Crippen LogP contribution in [0.25, 0.3) is 10.9 Å². The molecule has 3 heterocycles. The summed E-state index contributed by atoms with van der Waals surface area (Å²) in [5.41, 5.74) is 8.56. The van der Waals surface area contributed by atoms with Gasteiger partial charge in [0.1, 0.15) is 5.82 Å². The van der Waals surface area contributed by atoms with E-state index in [1.54, 1.807) is 0 Å². The van der Waals surface area contributed by atoms with Crippen molar-refractivity contribution < 1.29 is 0 Å². The van der Waals surface area contributed by atoms with E-state index in [1.807, 2.05) is 41.2 Å². The number of pyridine rings is 1. The van der Waals surface area contributed by atoms with Crippen LogP contribution in [-0.4, -0.2) is 21.3 Å². The summed E-state index contributed by atoms with van der Waals surface area (Å²) in [6, 6.07) is 12.0. The zero-order chi connectivity index (χ0) is 13.5. The molecular formula is C15H15N5. The van der Waals surface area contributed by atoms with Crippen molar-refractivity contribution in [3.63, 3.8) is 0 Å². The van der Waals surface area contributed by atoms with Crippen molar-refractivity contribution in [1.29, 1.82) is 0 Å². The van der Waals surface area contributed by atoms with E-state index < -0.39 is 0 Å². The van der Waals surface area contributed by atoms with Gasteiger partial charge in [0.15, 0.2) is 0 Å². The Morgan fingerprint density at radius 3 is 3.05 bits per heavy atom. The monoisotopic (exact) mass is 265 g/mol. The molecule has 0 bridgehead atoms. The summed E-state index contributed by atoms with van der Waals surface area (Å²) < 4.78 is 2.04. The average molecular weight is 265 g/mol. The van der Waals surface area contributed by atoms with Gasteiger partial charge >= 0.3 is 0 Å². The number of fused-ring (bicyclic) bond motifs is 3. The van der Waals surface area contributed by atoms with Crippen LogP contribution in [0.3, 0.4) is 0 Å². The number of rotatable bonds is 1. The maximum absolute atomic E-state index is 5.85. The van der Waals surface area contributed by atoms with Gasteiger partial charge in [-0.1, -0.05) is 6.07 Å². The quantitative estimate of drug-likeness (QED) is 0.663. The summed E-state index contributed by atoms with van der Waals surface area (Å²) in [5, 5.41) is 9.25. The third kappa shape index (κ3) is 1.63. The molecule has 0 saturated carbocycles. The molecule has 5 heteroatoms. The van der Waals surface area contributed by atoms with Crippen LogP contribution in [0.5, 0.6) is 0 Å². The van der Waals surface area contributed by atoms with E-state index in [9.17, 15) is 0 Å². The lowest BCUT2D eigenvalue weighted by Crippen LogP contribution is -2.24. The number of nitrogens with two attached hydrogens (primary N) is 1. The lowest BCUT2D eigenvalue weighted by Gasteiger charge is -2.25. The van der Waals surface area contributed by atoms with Crippen LogP contribution in [-0.2, 0) is 0 Å². The van der Waals surface area contributed by atoms with Gasteiger partial charge in [-0.2, -0.15) is 5.10 Å². The van der Waals surface area contributed by atoms with Gasteiger partial charge in [0.2, 0.25) is 0 Å². The van der Waals surface area contributed by atoms with E-state index in [1.165, 1.54) is 0 Å². The highest BCUT2D eigenvalue weighted by molar-refractivity contribution is 5.92. The number of nitrogens with one attached hydrogen (secondary N) is 1. The van der Waals surface area contributed by atoms with Crippen LogP contribution in [0.1, 0.15) is 18.2 Å². The Balaban J connectivity index is 1.91. The Hall–Kier alpha value is -2.56. The van der Waals surface area contributed by atoms with Crippen molar-refractivity contribution >= 4 is 22.4 Å². The first-order valence-electron chi connectivity index (χ1n) is 6.75. The summed E-state index contributed by atoms with van der Waals surface area (Å²) in [4.78, 5) is 4.48. The number of hydrogen-bond donors (Lipinski definition) is 2. The summed E-state index contributed by atoms with van der Waals surface area (Å²) in [5.74, 6) is 1.06. The van der Waals surface area contributed by atoms with E-state index >= 15 is 0 Å². The maximum atomic E-state index is 5.85. The summed E-state index contributed by atoms with van der Waals surface area (Å²) in [6.07, 6.45) is 2.81. The second kappa shape index (κ2) is 4.23. The normalized spacial score (nSPS) is 17.7. The third-order valence-corrected chi connectivity index (χ3v) is 3.76. The molecule has 5 nitrogen and oxygen atoms in total. The van der Waals surface area contributed by atoms with Crippen LogP contribution >= 0.6 is 0 Å². The number of nitrogens with zero attached hydrogens (tertiary/aromatic N) is 3. The molecule has 1 aliphatic heterocycles. The topological polar surface area (TPSA) is 68.8 Å². The van der Waals surface area contributed by atoms with Crippen molar-refractivity contribution in [2.45, 2.75) is 12.5 Å². The minimum atomic E-state index is 0.182. The zero-order valence-corrected chi connectivity index (χ0v) is 11.0. The van der Waals surface area contributed by atoms with Gasteiger partial charge in [0.25, 0.3) is 0 Å². The molecule has 3 aromatic rings. The highest BCUT2D eigenvalue weighted by Crippen LogP contribution is 2.34. The predicted molar refractivity (Wildman–Crippen MR) is 79.6 cm³/mol. The third-order valence-electron chi connectivity index (χ3n) is 3.76. The van der Waals surface area contributed by atoms with Crippen molar-refractivity contribution in [2.75, 3.05) is 17.6 Å². The number of aromatic nitrogens is 3. The number of benzene rings is 1. The fourth-order valence-electron chi connectivity index (χ4n) is 2.82. The molecule has 0 radical (unpaired) electrons. The van der Waals surface area contributed by atoms with Crippen molar-refractivity contribution in [2.24, 2.45) is 0 Å². The minimum absolute atomic E-state index is 0.182. The average Bonchev–Trinajstić information content (AvgIpc) is 2.85. The Morgan fingerprint density at radius 1 is 1.25 bits per heavy atom. The van der Waals surface area contributed by atoms with Crippen LogP contribution in [0, 0.1) is 0 Å². The van der Waals surface area contributed by atoms with E-state index in [2.05, 4.69) is 16.4 Å². The van der Waals surface area contributed by atoms with E-state index in [0.29, 0.717) is 0 Å². The second-order valence-corrected chi connectivity index (χ2v) is 5.06. The largest absolute Gasteiger partial charge is 0.399 e. The van der Waals surface area contributed by atoms with Gasteiger partial charge in [0, 0.05) is 23.8 Å². The lowest BCUT2D eigenvalue weighted by atomic mass is 10.1. The van der Waals surface area contributed by atoms with Crippen molar-refractivity contribution in [3.05, 3.63) is 48.3 Å². The minimum Gasteiger partial charge on any atom is -0.399 e. The molecule has 1 aromatic carbocycles. The molecule has 0 spiro atoms. The first kappa shape index (κ1) is 11.3. The first-order valence-corrected chi connectivity index (χ1v) is 6.75. The van der Waals surface area contributed by atoms with Crippen LogP contribution in [0.2, 0.25) is 0 Å². The molecule has 2 aromatic heterocycles. The molecule has 1 aliphatic rings. The first-order chi connectivity index (χ1) is 9.83. The Morgan fingerprint density at radius 2 is 2.20 bits per heavy atom. The molecule has 100 valence electrons. The SMILES string of the molecule is Nc1ccc2c3n(nc2c1)C(c1ccccn1)CCN3. The number of hydrogen-bond acceptors (Lipinski definition) is 4. The maximum Gasteiger partial charge on any atom is 0.133 e. The summed E-state index contributed by atoms with van der Waals surface area (Å²) in [6.45, 7) is 0.923. The summed E-state index contributed by atoms with van der Waals surface area (Å²) >= 11 is 0. The van der Waals surface area contributed by atoms with Crippen LogP contribution < -0.4 is 11.1 Å².